The molecule has 0 aromatic heterocycles. The topological polar surface area (TPSA) is 52.6 Å². The first-order chi connectivity index (χ1) is 16.5. The van der Waals surface area contributed by atoms with Crippen LogP contribution in [-0.4, -0.2) is 26.2 Å². The quantitative estimate of drug-likeness (QED) is 0.226. The Bertz CT molecular complexity index is 1440. The molecule has 0 saturated heterocycles. The largest absolute Gasteiger partial charge is 0.465 e. The van der Waals surface area contributed by atoms with Crippen molar-refractivity contribution in [2.24, 2.45) is 0 Å². The zero-order valence-corrected chi connectivity index (χ0v) is 20.8. The molecule has 6 heteroatoms. The second kappa shape index (κ2) is 9.12. The van der Waals surface area contributed by atoms with E-state index in [0.29, 0.717) is 5.56 Å². The molecule has 1 heterocycles. The fraction of sp³-hybridized carbons (Fsp3) is 0.0714. The van der Waals surface area contributed by atoms with Gasteiger partial charge < -0.3 is 9.47 Å². The molecule has 0 bridgehead atoms. The molecule has 0 saturated carbocycles. The summed E-state index contributed by atoms with van der Waals surface area (Å²) in [4.78, 5) is 28.3. The second-order valence-corrected chi connectivity index (χ2v) is 9.68. The summed E-state index contributed by atoms with van der Waals surface area (Å²) in [6, 6.07) is 25.6. The van der Waals surface area contributed by atoms with Crippen molar-refractivity contribution in [3.63, 3.8) is 0 Å². The van der Waals surface area contributed by atoms with E-state index in [2.05, 4.69) is 28.1 Å². The van der Waals surface area contributed by atoms with E-state index in [9.17, 15) is 9.59 Å². The van der Waals surface area contributed by atoms with Crippen LogP contribution in [0.25, 0.3) is 33.4 Å². The summed E-state index contributed by atoms with van der Waals surface area (Å²) in [5.74, 6) is -1.19. The van der Waals surface area contributed by atoms with Crippen LogP contribution in [0.15, 0.2) is 93.1 Å². The summed E-state index contributed by atoms with van der Waals surface area (Å²) < 4.78 is 11.2. The summed E-state index contributed by atoms with van der Waals surface area (Å²) >= 11 is 5.16. The number of carbonyl (C=O) groups is 2. The SMILES string of the molecule is COC(=O)c1cc2c(c(-c3ccc(Br)cc3)c1C(=O)OC)-c1ccccc1Sc1ccccc1-2. The smallest absolute Gasteiger partial charge is 0.339 e. The summed E-state index contributed by atoms with van der Waals surface area (Å²) in [5.41, 5.74) is 5.51. The first-order valence-corrected chi connectivity index (χ1v) is 12.1. The monoisotopic (exact) mass is 530 g/mol. The van der Waals surface area contributed by atoms with E-state index in [-0.39, 0.29) is 11.1 Å². The van der Waals surface area contributed by atoms with Crippen molar-refractivity contribution in [2.75, 3.05) is 14.2 Å². The standard InChI is InChI=1S/C28H19BrO4S/c1-32-27(30)21-15-20-18-7-3-5-9-22(18)34-23-10-6-4-8-19(23)25(20)24(26(21)28(31)33-2)16-11-13-17(29)14-12-16/h3-15H,1-2H3. The molecular weight excluding hydrogens is 512 g/mol. The van der Waals surface area contributed by atoms with E-state index >= 15 is 0 Å². The molecule has 1 aliphatic rings. The molecule has 0 unspecified atom stereocenters. The number of hydrogen-bond acceptors (Lipinski definition) is 5. The number of esters is 2. The molecule has 4 nitrogen and oxygen atoms in total. The third-order valence-corrected chi connectivity index (χ3v) is 7.49. The summed E-state index contributed by atoms with van der Waals surface area (Å²) in [6.45, 7) is 0. The molecule has 168 valence electrons. The lowest BCUT2D eigenvalue weighted by Gasteiger charge is -2.21. The van der Waals surface area contributed by atoms with Crippen LogP contribution in [0, 0.1) is 0 Å². The number of hydrogen-bond donors (Lipinski definition) is 0. The number of rotatable bonds is 3. The van der Waals surface area contributed by atoms with Crippen molar-refractivity contribution in [2.45, 2.75) is 9.79 Å². The fourth-order valence-corrected chi connectivity index (χ4v) is 5.69. The van der Waals surface area contributed by atoms with Crippen molar-refractivity contribution in [3.05, 3.63) is 94.5 Å². The van der Waals surface area contributed by atoms with Gasteiger partial charge in [0.25, 0.3) is 0 Å². The van der Waals surface area contributed by atoms with Gasteiger partial charge in [-0.1, -0.05) is 76.2 Å². The molecular formula is C28H19BrO4S. The lowest BCUT2D eigenvalue weighted by molar-refractivity contribution is 0.0556. The highest BCUT2D eigenvalue weighted by molar-refractivity contribution is 9.10. The number of benzene rings is 4. The molecule has 34 heavy (non-hydrogen) atoms. The van der Waals surface area contributed by atoms with E-state index in [1.54, 1.807) is 17.8 Å². The molecule has 0 atom stereocenters. The normalized spacial score (nSPS) is 11.5. The molecule has 4 aromatic carbocycles. The Hall–Kier alpha value is -3.35. The molecule has 0 aliphatic carbocycles. The fourth-order valence-electron chi connectivity index (χ4n) is 4.32. The van der Waals surface area contributed by atoms with Crippen LogP contribution < -0.4 is 0 Å². The third kappa shape index (κ3) is 3.73. The Morgan fingerprint density at radius 2 is 1.29 bits per heavy atom. The first-order valence-electron chi connectivity index (χ1n) is 10.5. The Balaban J connectivity index is 2.03. The third-order valence-electron chi connectivity index (χ3n) is 5.81. The van der Waals surface area contributed by atoms with Gasteiger partial charge in [0.1, 0.15) is 0 Å². The number of halogens is 1. The van der Waals surface area contributed by atoms with Gasteiger partial charge in [-0.2, -0.15) is 0 Å². The number of ether oxygens (including phenoxy) is 2. The zero-order chi connectivity index (χ0) is 23.8. The Morgan fingerprint density at radius 1 is 0.706 bits per heavy atom. The minimum atomic E-state index is -0.594. The van der Waals surface area contributed by atoms with Crippen LogP contribution in [0.1, 0.15) is 20.7 Å². The second-order valence-electron chi connectivity index (χ2n) is 7.68. The molecule has 0 fully saturated rings. The van der Waals surface area contributed by atoms with Gasteiger partial charge in [0.15, 0.2) is 0 Å². The van der Waals surface area contributed by atoms with Gasteiger partial charge in [0.2, 0.25) is 0 Å². The maximum Gasteiger partial charge on any atom is 0.339 e. The van der Waals surface area contributed by atoms with E-state index in [0.717, 1.165) is 42.1 Å². The van der Waals surface area contributed by atoms with Gasteiger partial charge in [-0.15, -0.1) is 0 Å². The number of carbonyl (C=O) groups excluding carboxylic acids is 2. The van der Waals surface area contributed by atoms with Crippen molar-refractivity contribution in [3.8, 4) is 33.4 Å². The maximum absolute atomic E-state index is 13.2. The lowest BCUT2D eigenvalue weighted by Crippen LogP contribution is -2.15. The molecule has 0 amide bonds. The van der Waals surface area contributed by atoms with Gasteiger partial charge in [0.05, 0.1) is 25.3 Å². The average Bonchev–Trinajstić information content (AvgIpc) is 3.01. The van der Waals surface area contributed by atoms with Crippen molar-refractivity contribution < 1.29 is 19.1 Å². The summed E-state index contributed by atoms with van der Waals surface area (Å²) in [6.07, 6.45) is 0. The molecule has 4 aromatic rings. The van der Waals surface area contributed by atoms with Gasteiger partial charge in [-0.3, -0.25) is 0 Å². The average molecular weight is 531 g/mol. The highest BCUT2D eigenvalue weighted by Crippen LogP contribution is 2.52. The van der Waals surface area contributed by atoms with Crippen molar-refractivity contribution in [1.82, 2.24) is 0 Å². The molecule has 0 N–H and O–H groups in total. The minimum absolute atomic E-state index is 0.171. The van der Waals surface area contributed by atoms with Crippen LogP contribution in [0.4, 0.5) is 0 Å². The first kappa shape index (κ1) is 22.4. The highest BCUT2D eigenvalue weighted by Gasteiger charge is 2.32. The lowest BCUT2D eigenvalue weighted by atomic mass is 9.82. The predicted molar refractivity (Wildman–Crippen MR) is 137 cm³/mol. The van der Waals surface area contributed by atoms with Gasteiger partial charge in [-0.05, 0) is 58.1 Å². The van der Waals surface area contributed by atoms with E-state index in [1.165, 1.54) is 14.2 Å². The molecule has 1 aliphatic heterocycles. The zero-order valence-electron chi connectivity index (χ0n) is 18.4. The van der Waals surface area contributed by atoms with Crippen LogP contribution in [0.3, 0.4) is 0 Å². The van der Waals surface area contributed by atoms with E-state index in [4.69, 9.17) is 9.47 Å². The number of methoxy groups -OCH3 is 2. The predicted octanol–water partition coefficient (Wildman–Crippen LogP) is 7.49. The van der Waals surface area contributed by atoms with Crippen molar-refractivity contribution in [1.29, 1.82) is 0 Å². The highest BCUT2D eigenvalue weighted by atomic mass is 79.9. The summed E-state index contributed by atoms with van der Waals surface area (Å²) in [7, 11) is 2.63. The van der Waals surface area contributed by atoms with Gasteiger partial charge >= 0.3 is 11.9 Å². The van der Waals surface area contributed by atoms with E-state index in [1.807, 2.05) is 60.7 Å². The van der Waals surface area contributed by atoms with Gasteiger partial charge in [0, 0.05) is 19.8 Å². The van der Waals surface area contributed by atoms with Gasteiger partial charge in [-0.25, -0.2) is 9.59 Å². The van der Waals surface area contributed by atoms with Crippen LogP contribution in [0.5, 0.6) is 0 Å². The molecule has 0 spiro atoms. The van der Waals surface area contributed by atoms with Crippen molar-refractivity contribution >= 4 is 39.6 Å². The van der Waals surface area contributed by atoms with Crippen LogP contribution in [0.2, 0.25) is 0 Å². The molecule has 0 radical (unpaired) electrons. The minimum Gasteiger partial charge on any atom is -0.465 e. The number of fused-ring (bicyclic) bond motifs is 5. The summed E-state index contributed by atoms with van der Waals surface area (Å²) in [5, 5.41) is 0. The van der Waals surface area contributed by atoms with Crippen LogP contribution in [-0.2, 0) is 9.47 Å². The Morgan fingerprint density at radius 3 is 1.94 bits per heavy atom. The Kier molecular flexibility index (Phi) is 6.02. The molecule has 5 rings (SSSR count). The maximum atomic E-state index is 13.2. The van der Waals surface area contributed by atoms with E-state index < -0.39 is 11.9 Å². The Labute approximate surface area is 210 Å². The van der Waals surface area contributed by atoms with Crippen LogP contribution >= 0.6 is 27.7 Å².